The van der Waals surface area contributed by atoms with Crippen LogP contribution in [0.2, 0.25) is 10.0 Å². The number of aromatic amines is 2. The number of benzene rings is 4. The molecule has 15 nitrogen and oxygen atoms in total. The Morgan fingerprint density at radius 3 is 1.76 bits per heavy atom. The third-order valence-electron chi connectivity index (χ3n) is 9.89. The molecule has 0 saturated heterocycles. The van der Waals surface area contributed by atoms with Crippen LogP contribution in [-0.2, 0) is 36.0 Å². The zero-order valence-electron chi connectivity index (χ0n) is 33.6. The van der Waals surface area contributed by atoms with Gasteiger partial charge in [-0.1, -0.05) is 89.4 Å². The minimum absolute atomic E-state index is 0.0651. The van der Waals surface area contributed by atoms with E-state index >= 15 is 0 Å². The maximum atomic E-state index is 12.7. The van der Waals surface area contributed by atoms with E-state index in [-0.39, 0.29) is 31.1 Å². The van der Waals surface area contributed by atoms with Crippen molar-refractivity contribution in [3.8, 4) is 17.1 Å². The maximum absolute atomic E-state index is 12.7. The van der Waals surface area contributed by atoms with Crippen molar-refractivity contribution in [3.05, 3.63) is 141 Å². The van der Waals surface area contributed by atoms with Gasteiger partial charge in [-0.2, -0.15) is 26.7 Å². The first-order valence-electron chi connectivity index (χ1n) is 19.1. The minimum atomic E-state index is -5.86. The Kier molecular flexibility index (Phi) is 14.7. The van der Waals surface area contributed by atoms with Crippen LogP contribution in [0.25, 0.3) is 11.3 Å². The quantitative estimate of drug-likeness (QED) is 0.0568. The Hall–Kier alpha value is -6.06. The highest BCUT2D eigenvalue weighted by molar-refractivity contribution is 7.88. The van der Waals surface area contributed by atoms with Crippen molar-refractivity contribution < 1.29 is 45.4 Å². The lowest BCUT2D eigenvalue weighted by atomic mass is 9.77. The molecule has 8 rings (SSSR count). The van der Waals surface area contributed by atoms with Crippen molar-refractivity contribution >= 4 is 69.3 Å². The minimum Gasteiger partial charge on any atom is -0.423 e. The maximum Gasteiger partial charge on any atom is 0.534 e. The molecule has 22 heteroatoms. The predicted molar refractivity (Wildman–Crippen MR) is 233 cm³/mol. The summed E-state index contributed by atoms with van der Waals surface area (Å²) in [6, 6.07) is 28.2. The predicted octanol–water partition coefficient (Wildman–Crippen LogP) is 7.19. The third-order valence-corrected chi connectivity index (χ3v) is 11.3. The largest absolute Gasteiger partial charge is 0.534 e. The van der Waals surface area contributed by atoms with Gasteiger partial charge in [-0.05, 0) is 61.3 Å². The van der Waals surface area contributed by atoms with Crippen LogP contribution in [-0.4, -0.2) is 86.4 Å². The number of aromatic nitrogens is 4. The second-order valence-corrected chi connectivity index (χ2v) is 16.7. The van der Waals surface area contributed by atoms with Gasteiger partial charge < -0.3 is 34.7 Å². The van der Waals surface area contributed by atoms with Crippen molar-refractivity contribution in [2.45, 2.75) is 45.3 Å². The summed E-state index contributed by atoms with van der Waals surface area (Å²) in [5.74, 6) is -0.734. The van der Waals surface area contributed by atoms with E-state index in [9.17, 15) is 31.2 Å². The van der Waals surface area contributed by atoms with Crippen LogP contribution in [0.5, 0.6) is 5.88 Å². The molecule has 2 aliphatic heterocycles. The Morgan fingerprint density at radius 1 is 0.746 bits per heavy atom. The lowest BCUT2D eigenvalue weighted by molar-refractivity contribution is -0.0501. The number of hydrogen-bond donors (Lipinski definition) is 6. The summed E-state index contributed by atoms with van der Waals surface area (Å²) in [5.41, 5.74) is 2.87. The molecule has 2 aliphatic rings. The second kappa shape index (κ2) is 20.0. The van der Waals surface area contributed by atoms with Crippen molar-refractivity contribution in [3.63, 3.8) is 0 Å². The molecular weight excluding hydrogens is 887 g/mol. The number of nitrogens with zero attached hydrogens (tertiary/aromatic N) is 4. The molecule has 0 spiro atoms. The van der Waals surface area contributed by atoms with Crippen molar-refractivity contribution in [2.24, 2.45) is 0 Å². The van der Waals surface area contributed by atoms with Gasteiger partial charge in [-0.25, -0.2) is 9.59 Å². The van der Waals surface area contributed by atoms with E-state index in [1.165, 1.54) is 16.5 Å². The van der Waals surface area contributed by atoms with Gasteiger partial charge in [0.1, 0.15) is 0 Å². The molecule has 4 amide bonds. The van der Waals surface area contributed by atoms with Crippen LogP contribution in [0.3, 0.4) is 0 Å². The van der Waals surface area contributed by atoms with Crippen molar-refractivity contribution in [1.29, 1.82) is 0 Å². The first-order chi connectivity index (χ1) is 29.9. The molecule has 330 valence electrons. The molecule has 0 atom stereocenters. The fourth-order valence-corrected chi connectivity index (χ4v) is 7.43. The van der Waals surface area contributed by atoms with E-state index in [0.717, 1.165) is 34.5 Å². The normalized spacial score (nSPS) is 13.3. The summed E-state index contributed by atoms with van der Waals surface area (Å²) in [5, 5.41) is 37.6. The van der Waals surface area contributed by atoms with Gasteiger partial charge in [0.2, 0.25) is 0 Å². The van der Waals surface area contributed by atoms with E-state index in [1.807, 2.05) is 43.3 Å². The number of H-pyrrole nitrogens is 2. The number of halogens is 5. The molecule has 2 aromatic heterocycles. The standard InChI is InChI=1S/C20H19ClN4O.C14H12ClF3N4O4S.C7H9BO2/c1-13-5-2-3-8-16(13)19-17-12-25(10-9-18(17)23-24-19)20(26)22-15-7-4-6-14(21)11-15;15-8-2-1-3-9(6-8)19-13(23)22-5-4-11-10(7-22)12(21-20-11)26-27(24,25)14(16,17)18;1-6-4-2-3-5-7(6)8(9)10/h2-8,11H,9-10,12H2,1H3,(H,22,26)(H,23,24);1-3,6H,4-5,7H2,(H,19,23)(H,20,21);2-5,9-10H,1H3. The fraction of sp³-hybridized carbons (Fsp3) is 0.220. The Morgan fingerprint density at radius 2 is 1.25 bits per heavy atom. The molecular formula is C41H40BCl2F3N8O7S. The topological polar surface area (TPSA) is 206 Å². The van der Waals surface area contributed by atoms with Crippen LogP contribution < -0.4 is 20.3 Å². The fourth-order valence-electron chi connectivity index (χ4n) is 6.61. The van der Waals surface area contributed by atoms with E-state index < -0.39 is 34.7 Å². The summed E-state index contributed by atoms with van der Waals surface area (Å²) in [4.78, 5) is 28.1. The average Bonchev–Trinajstić information content (AvgIpc) is 3.84. The number of aryl methyl sites for hydroxylation is 2. The van der Waals surface area contributed by atoms with Gasteiger partial charge >= 0.3 is 34.8 Å². The molecule has 0 bridgehead atoms. The van der Waals surface area contributed by atoms with Gasteiger partial charge in [0.05, 0.1) is 24.3 Å². The zero-order chi connectivity index (χ0) is 45.5. The second-order valence-electron chi connectivity index (χ2n) is 14.3. The highest BCUT2D eigenvalue weighted by Gasteiger charge is 2.49. The first kappa shape index (κ1) is 46.4. The van der Waals surface area contributed by atoms with Crippen LogP contribution in [0.1, 0.15) is 33.6 Å². The zero-order valence-corrected chi connectivity index (χ0v) is 35.9. The van der Waals surface area contributed by atoms with Gasteiger partial charge in [-0.3, -0.25) is 10.2 Å². The van der Waals surface area contributed by atoms with E-state index in [0.29, 0.717) is 45.7 Å². The van der Waals surface area contributed by atoms with Gasteiger partial charge in [0.15, 0.2) is 0 Å². The number of anilines is 2. The van der Waals surface area contributed by atoms with E-state index in [4.69, 9.17) is 33.2 Å². The number of carbonyl (C=O) groups excluding carboxylic acids is 2. The number of fused-ring (bicyclic) bond motifs is 2. The van der Waals surface area contributed by atoms with Crippen LogP contribution in [0, 0.1) is 13.8 Å². The molecule has 0 radical (unpaired) electrons. The molecule has 4 heterocycles. The number of rotatable bonds is 6. The lowest BCUT2D eigenvalue weighted by Gasteiger charge is -2.27. The van der Waals surface area contributed by atoms with Crippen LogP contribution in [0.4, 0.5) is 34.1 Å². The molecule has 0 unspecified atom stereocenters. The average molecular weight is 928 g/mol. The highest BCUT2D eigenvalue weighted by atomic mass is 35.5. The first-order valence-corrected chi connectivity index (χ1v) is 21.3. The number of urea groups is 2. The van der Waals surface area contributed by atoms with Crippen LogP contribution in [0.15, 0.2) is 97.1 Å². The number of nitrogens with one attached hydrogen (secondary N) is 4. The van der Waals surface area contributed by atoms with E-state index in [2.05, 4.69) is 54.3 Å². The molecule has 63 heavy (non-hydrogen) atoms. The third kappa shape index (κ3) is 11.7. The molecule has 0 saturated carbocycles. The molecule has 0 aliphatic carbocycles. The van der Waals surface area contributed by atoms with Crippen molar-refractivity contribution in [2.75, 3.05) is 23.7 Å². The summed E-state index contributed by atoms with van der Waals surface area (Å²) < 4.78 is 64.0. The lowest BCUT2D eigenvalue weighted by Crippen LogP contribution is -2.39. The van der Waals surface area contributed by atoms with Gasteiger partial charge in [-0.15, -0.1) is 5.10 Å². The van der Waals surface area contributed by atoms with E-state index in [1.54, 1.807) is 47.4 Å². The van der Waals surface area contributed by atoms with Gasteiger partial charge in [0.25, 0.3) is 5.88 Å². The smallest absolute Gasteiger partial charge is 0.423 e. The summed E-state index contributed by atoms with van der Waals surface area (Å²) in [7, 11) is -7.21. The Balaban J connectivity index is 0.000000173. The Labute approximate surface area is 370 Å². The molecule has 0 fully saturated rings. The number of carbonyl (C=O) groups is 2. The monoisotopic (exact) mass is 926 g/mol. The SMILES string of the molecule is Cc1ccccc1-c1n[nH]c2c1CN(C(=O)Nc1cccc(Cl)c1)CC2.Cc1ccccc1B(O)O.O=C(Nc1cccc(Cl)c1)N1CCc2[nH]nc(OS(=O)(=O)C(F)(F)F)c2C1. The summed E-state index contributed by atoms with van der Waals surface area (Å²) in [6.45, 7) is 5.16. The Bertz CT molecular complexity index is 2700. The number of hydrogen-bond acceptors (Lipinski definition) is 9. The summed E-state index contributed by atoms with van der Waals surface area (Å²) >= 11 is 11.8. The summed E-state index contributed by atoms with van der Waals surface area (Å²) in [6.07, 6.45) is 0.998. The number of amides is 4. The van der Waals surface area contributed by atoms with Crippen molar-refractivity contribution in [1.82, 2.24) is 30.2 Å². The highest BCUT2D eigenvalue weighted by Crippen LogP contribution is 2.33. The van der Waals surface area contributed by atoms with Crippen LogP contribution >= 0.6 is 23.2 Å². The molecule has 6 N–H and O–H groups in total. The number of alkyl halides is 3. The molecule has 6 aromatic rings. The molecule has 4 aromatic carbocycles. The van der Waals surface area contributed by atoms with Gasteiger partial charge in [0, 0.05) is 69.9 Å².